The van der Waals surface area contributed by atoms with E-state index >= 15 is 0 Å². The van der Waals surface area contributed by atoms with Gasteiger partial charge < -0.3 is 0 Å². The maximum absolute atomic E-state index is 2.36. The molecule has 0 saturated heterocycles. The number of rotatable bonds is 2. The minimum Gasteiger partial charge on any atom is -0.0622 e. The fraction of sp³-hybridized carbons (Fsp3) is 0.500. The predicted molar refractivity (Wildman–Crippen MR) is 52.0 cm³/mol. The molecule has 0 radical (unpaired) electrons. The maximum atomic E-state index is 2.36. The average Bonchev–Trinajstić information content (AvgIpc) is 2.61. The lowest BCUT2D eigenvalue weighted by atomic mass is 10.0. The van der Waals surface area contributed by atoms with Crippen LogP contribution in [0.1, 0.15) is 25.8 Å². The summed E-state index contributed by atoms with van der Waals surface area (Å²) in [5.74, 6) is 0.930. The second-order valence-corrected chi connectivity index (χ2v) is 4.58. The van der Waals surface area contributed by atoms with Crippen LogP contribution in [-0.4, -0.2) is 0 Å². The molecule has 1 aliphatic carbocycles. The fourth-order valence-corrected chi connectivity index (χ4v) is 1.82. The Hall–Kier alpha value is -0.780. The quantitative estimate of drug-likeness (QED) is 0.623. The molecule has 12 heavy (non-hydrogen) atoms. The smallest absolute Gasteiger partial charge is 0.0245 e. The monoisotopic (exact) mass is 160 g/mol. The van der Waals surface area contributed by atoms with Crippen molar-refractivity contribution < 1.29 is 0 Å². The molecule has 1 fully saturated rings. The molecule has 0 heteroatoms. The zero-order valence-electron chi connectivity index (χ0n) is 7.88. The van der Waals surface area contributed by atoms with E-state index < -0.39 is 0 Å². The van der Waals surface area contributed by atoms with E-state index in [1.807, 2.05) is 0 Å². The number of benzene rings is 1. The summed E-state index contributed by atoms with van der Waals surface area (Å²) in [4.78, 5) is 0. The van der Waals surface area contributed by atoms with Crippen molar-refractivity contribution in [3.63, 3.8) is 0 Å². The first-order chi connectivity index (χ1) is 5.68. The largest absolute Gasteiger partial charge is 0.0622 e. The number of hydrogen-bond donors (Lipinski definition) is 0. The van der Waals surface area contributed by atoms with Crippen LogP contribution in [0, 0.1) is 11.3 Å². The second kappa shape index (κ2) is 2.62. The van der Waals surface area contributed by atoms with E-state index in [-0.39, 0.29) is 0 Å². The zero-order chi connectivity index (χ0) is 8.60. The summed E-state index contributed by atoms with van der Waals surface area (Å²) in [6.45, 7) is 4.72. The molecular formula is C12H16. The Kier molecular flexibility index (Phi) is 1.71. The van der Waals surface area contributed by atoms with Crippen LogP contribution in [0.5, 0.6) is 0 Å². The molecule has 0 bridgehead atoms. The van der Waals surface area contributed by atoms with Crippen LogP contribution in [0.3, 0.4) is 0 Å². The van der Waals surface area contributed by atoms with Gasteiger partial charge in [0, 0.05) is 0 Å². The van der Waals surface area contributed by atoms with Gasteiger partial charge in [-0.1, -0.05) is 44.2 Å². The van der Waals surface area contributed by atoms with E-state index in [0.717, 1.165) is 5.92 Å². The number of hydrogen-bond acceptors (Lipinski definition) is 0. The molecule has 0 spiro atoms. The molecule has 0 aliphatic heterocycles. The first-order valence-corrected chi connectivity index (χ1v) is 4.72. The summed E-state index contributed by atoms with van der Waals surface area (Å²) in [6.07, 6.45) is 2.68. The molecule has 1 saturated carbocycles. The van der Waals surface area contributed by atoms with Gasteiger partial charge in [-0.15, -0.1) is 0 Å². The Balaban J connectivity index is 1.98. The van der Waals surface area contributed by atoms with Crippen molar-refractivity contribution in [2.75, 3.05) is 0 Å². The highest BCUT2D eigenvalue weighted by molar-refractivity contribution is 5.17. The lowest BCUT2D eigenvalue weighted by Gasteiger charge is -2.02. The molecule has 64 valence electrons. The molecule has 1 aromatic carbocycles. The van der Waals surface area contributed by atoms with Gasteiger partial charge in [0.05, 0.1) is 0 Å². The van der Waals surface area contributed by atoms with Crippen molar-refractivity contribution in [2.24, 2.45) is 11.3 Å². The topological polar surface area (TPSA) is 0 Å². The van der Waals surface area contributed by atoms with Crippen LogP contribution in [0.25, 0.3) is 0 Å². The van der Waals surface area contributed by atoms with E-state index in [1.165, 1.54) is 18.4 Å². The van der Waals surface area contributed by atoms with Gasteiger partial charge in [-0.25, -0.2) is 0 Å². The van der Waals surface area contributed by atoms with Crippen molar-refractivity contribution >= 4 is 0 Å². The predicted octanol–water partition coefficient (Wildman–Crippen LogP) is 3.28. The third-order valence-electron chi connectivity index (χ3n) is 3.04. The second-order valence-electron chi connectivity index (χ2n) is 4.58. The highest BCUT2D eigenvalue weighted by atomic mass is 14.5. The molecule has 0 N–H and O–H groups in total. The first-order valence-electron chi connectivity index (χ1n) is 4.72. The van der Waals surface area contributed by atoms with Crippen molar-refractivity contribution in [1.29, 1.82) is 0 Å². The Morgan fingerprint density at radius 1 is 1.25 bits per heavy atom. The van der Waals surface area contributed by atoms with Crippen molar-refractivity contribution in [1.82, 2.24) is 0 Å². The van der Waals surface area contributed by atoms with Gasteiger partial charge in [0.2, 0.25) is 0 Å². The average molecular weight is 160 g/mol. The lowest BCUT2D eigenvalue weighted by Crippen LogP contribution is -1.94. The van der Waals surface area contributed by atoms with Gasteiger partial charge in [-0.3, -0.25) is 0 Å². The van der Waals surface area contributed by atoms with E-state index in [9.17, 15) is 0 Å². The molecule has 0 amide bonds. The Morgan fingerprint density at radius 3 is 2.33 bits per heavy atom. The highest BCUT2D eigenvalue weighted by Gasteiger charge is 2.44. The molecule has 0 heterocycles. The SMILES string of the molecule is CC1(C)CC1Cc1ccccc1. The third-order valence-corrected chi connectivity index (χ3v) is 3.04. The van der Waals surface area contributed by atoms with E-state index in [0.29, 0.717) is 5.41 Å². The van der Waals surface area contributed by atoms with Gasteiger partial charge in [-0.2, -0.15) is 0 Å². The molecule has 1 unspecified atom stereocenters. The van der Waals surface area contributed by atoms with Crippen LogP contribution >= 0.6 is 0 Å². The summed E-state index contributed by atoms with van der Waals surface area (Å²) in [7, 11) is 0. The molecule has 1 aromatic rings. The van der Waals surface area contributed by atoms with Crippen LogP contribution in [0.15, 0.2) is 30.3 Å². The van der Waals surface area contributed by atoms with Gasteiger partial charge >= 0.3 is 0 Å². The minimum atomic E-state index is 0.621. The van der Waals surface area contributed by atoms with E-state index in [2.05, 4.69) is 44.2 Å². The molecular weight excluding hydrogens is 144 g/mol. The van der Waals surface area contributed by atoms with Crippen molar-refractivity contribution in [3.8, 4) is 0 Å². The summed E-state index contributed by atoms with van der Waals surface area (Å²) in [5.41, 5.74) is 2.11. The summed E-state index contributed by atoms with van der Waals surface area (Å²) in [6, 6.07) is 10.8. The maximum Gasteiger partial charge on any atom is -0.0245 e. The Labute approximate surface area is 74.6 Å². The van der Waals surface area contributed by atoms with Gasteiger partial charge in [0.25, 0.3) is 0 Å². The van der Waals surface area contributed by atoms with Crippen LogP contribution in [-0.2, 0) is 6.42 Å². The van der Waals surface area contributed by atoms with Crippen LogP contribution in [0.2, 0.25) is 0 Å². The molecule has 1 aliphatic rings. The van der Waals surface area contributed by atoms with Crippen LogP contribution in [0.4, 0.5) is 0 Å². The van der Waals surface area contributed by atoms with Gasteiger partial charge in [0.1, 0.15) is 0 Å². The molecule has 0 aromatic heterocycles. The van der Waals surface area contributed by atoms with Crippen molar-refractivity contribution in [2.45, 2.75) is 26.7 Å². The van der Waals surface area contributed by atoms with E-state index in [1.54, 1.807) is 0 Å². The fourth-order valence-electron chi connectivity index (χ4n) is 1.82. The lowest BCUT2D eigenvalue weighted by molar-refractivity contribution is 0.557. The zero-order valence-corrected chi connectivity index (χ0v) is 7.88. The summed E-state index contributed by atoms with van der Waals surface area (Å²) < 4.78 is 0. The molecule has 2 rings (SSSR count). The summed E-state index contributed by atoms with van der Waals surface area (Å²) in [5, 5.41) is 0. The standard InChI is InChI=1S/C12H16/c1-12(2)9-11(12)8-10-6-4-3-5-7-10/h3-7,11H,8-9H2,1-2H3. The summed E-state index contributed by atoms with van der Waals surface area (Å²) >= 11 is 0. The minimum absolute atomic E-state index is 0.621. The third kappa shape index (κ3) is 1.52. The molecule has 1 atom stereocenters. The van der Waals surface area contributed by atoms with Crippen molar-refractivity contribution in [3.05, 3.63) is 35.9 Å². The van der Waals surface area contributed by atoms with Gasteiger partial charge in [-0.05, 0) is 29.7 Å². The Morgan fingerprint density at radius 2 is 1.83 bits per heavy atom. The molecule has 0 nitrogen and oxygen atoms in total. The Bertz CT molecular complexity index is 259. The van der Waals surface area contributed by atoms with Crippen LogP contribution < -0.4 is 0 Å². The first kappa shape index (κ1) is 7.85. The van der Waals surface area contributed by atoms with Gasteiger partial charge in [0.15, 0.2) is 0 Å². The normalized spacial score (nSPS) is 25.3. The van der Waals surface area contributed by atoms with E-state index in [4.69, 9.17) is 0 Å². The highest BCUT2D eigenvalue weighted by Crippen LogP contribution is 2.53.